The van der Waals surface area contributed by atoms with Crippen molar-refractivity contribution < 1.29 is 8.42 Å². The number of sulfonamides is 1. The van der Waals surface area contributed by atoms with Gasteiger partial charge in [-0.3, -0.25) is 4.72 Å². The van der Waals surface area contributed by atoms with E-state index in [-0.39, 0.29) is 5.75 Å². The Morgan fingerprint density at radius 2 is 2.10 bits per heavy atom. The van der Waals surface area contributed by atoms with Crippen molar-refractivity contribution in [3.8, 4) is 10.6 Å². The van der Waals surface area contributed by atoms with Crippen molar-refractivity contribution in [3.63, 3.8) is 0 Å². The summed E-state index contributed by atoms with van der Waals surface area (Å²) in [5.74, 6) is 0.133. The lowest BCUT2D eigenvalue weighted by molar-refractivity contribution is 0.598. The second kappa shape index (κ2) is 6.87. The highest BCUT2D eigenvalue weighted by Crippen LogP contribution is 2.34. The summed E-state index contributed by atoms with van der Waals surface area (Å²) < 4.78 is 26.4. The van der Waals surface area contributed by atoms with Gasteiger partial charge in [0.05, 0.1) is 16.3 Å². The summed E-state index contributed by atoms with van der Waals surface area (Å²) in [5.41, 5.74) is 6.45. The van der Waals surface area contributed by atoms with E-state index in [0.717, 1.165) is 26.7 Å². The maximum atomic E-state index is 11.9. The normalized spacial score (nSPS) is 11.8. The topological polar surface area (TPSA) is 85.1 Å². The molecule has 0 amide bonds. The number of thiazole rings is 1. The molecule has 0 saturated carbocycles. The number of anilines is 1. The molecule has 0 aromatic carbocycles. The van der Waals surface area contributed by atoms with E-state index in [4.69, 9.17) is 5.73 Å². The van der Waals surface area contributed by atoms with Gasteiger partial charge in [-0.25, -0.2) is 13.4 Å². The number of rotatable bonds is 7. The summed E-state index contributed by atoms with van der Waals surface area (Å²) in [7, 11) is -3.30. The Hall–Kier alpha value is -0.960. The first-order valence-corrected chi connectivity index (χ1v) is 10.0. The van der Waals surface area contributed by atoms with Gasteiger partial charge in [0, 0.05) is 16.3 Å². The lowest BCUT2D eigenvalue weighted by Gasteiger charge is -2.03. The molecule has 0 aliphatic carbocycles. The standard InChI is InChI=1S/C13H19N3O2S3/c1-3-4-7-21(17,18)16-13-15-12(9(2)19-13)11-6-5-10(8-14)20-11/h5-6H,3-4,7-8,14H2,1-2H3,(H,15,16). The van der Waals surface area contributed by atoms with Gasteiger partial charge in [0.25, 0.3) is 0 Å². The minimum absolute atomic E-state index is 0.133. The van der Waals surface area contributed by atoms with E-state index < -0.39 is 10.0 Å². The molecule has 0 fully saturated rings. The number of aromatic nitrogens is 1. The number of hydrogen-bond donors (Lipinski definition) is 2. The summed E-state index contributed by atoms with van der Waals surface area (Å²) >= 11 is 2.95. The van der Waals surface area contributed by atoms with Gasteiger partial charge in [-0.15, -0.1) is 22.7 Å². The highest BCUT2D eigenvalue weighted by atomic mass is 32.2. The predicted octanol–water partition coefficient (Wildman–Crippen LogP) is 3.18. The molecule has 0 saturated heterocycles. The van der Waals surface area contributed by atoms with Crippen LogP contribution in [0.5, 0.6) is 0 Å². The van der Waals surface area contributed by atoms with Gasteiger partial charge in [0.2, 0.25) is 10.0 Å². The van der Waals surface area contributed by atoms with Gasteiger partial charge in [-0.2, -0.15) is 0 Å². The molecular formula is C13H19N3O2S3. The average molecular weight is 346 g/mol. The minimum Gasteiger partial charge on any atom is -0.326 e. The number of nitrogens with two attached hydrogens (primary N) is 1. The molecule has 3 N–H and O–H groups in total. The van der Waals surface area contributed by atoms with Crippen LogP contribution in [0.25, 0.3) is 10.6 Å². The Labute approximate surface area is 133 Å². The third kappa shape index (κ3) is 4.26. The van der Waals surface area contributed by atoms with Crippen LogP contribution in [-0.4, -0.2) is 19.2 Å². The van der Waals surface area contributed by atoms with Gasteiger partial charge in [0.15, 0.2) is 5.13 Å². The van der Waals surface area contributed by atoms with Crippen molar-refractivity contribution in [3.05, 3.63) is 21.9 Å². The molecule has 2 heterocycles. The first-order valence-electron chi connectivity index (χ1n) is 6.72. The summed E-state index contributed by atoms with van der Waals surface area (Å²) in [6.07, 6.45) is 1.50. The summed E-state index contributed by atoms with van der Waals surface area (Å²) in [6.45, 7) is 4.41. The molecule has 116 valence electrons. The number of nitrogens with zero attached hydrogens (tertiary/aromatic N) is 1. The second-order valence-corrected chi connectivity index (χ2v) is 8.88. The SMILES string of the molecule is CCCCS(=O)(=O)Nc1nc(-c2ccc(CN)s2)c(C)s1. The Balaban J connectivity index is 2.19. The molecule has 2 aromatic rings. The van der Waals surface area contributed by atoms with Crippen molar-refractivity contribution in [1.29, 1.82) is 0 Å². The fraction of sp³-hybridized carbons (Fsp3) is 0.462. The Bertz CT molecular complexity index is 704. The summed E-state index contributed by atoms with van der Waals surface area (Å²) in [5, 5.41) is 0.432. The van der Waals surface area contributed by atoms with Gasteiger partial charge >= 0.3 is 0 Å². The molecule has 5 nitrogen and oxygen atoms in total. The van der Waals surface area contributed by atoms with Crippen LogP contribution in [0.2, 0.25) is 0 Å². The van der Waals surface area contributed by atoms with Gasteiger partial charge in [-0.05, 0) is 25.5 Å². The summed E-state index contributed by atoms with van der Waals surface area (Å²) in [6, 6.07) is 3.95. The molecular weight excluding hydrogens is 326 g/mol. The fourth-order valence-corrected chi connectivity index (χ4v) is 5.11. The number of unbranched alkanes of at least 4 members (excludes halogenated alkanes) is 1. The zero-order chi connectivity index (χ0) is 15.5. The highest BCUT2D eigenvalue weighted by Gasteiger charge is 2.16. The zero-order valence-corrected chi connectivity index (χ0v) is 14.5. The van der Waals surface area contributed by atoms with Crippen LogP contribution >= 0.6 is 22.7 Å². The molecule has 2 aromatic heterocycles. The molecule has 0 radical (unpaired) electrons. The zero-order valence-electron chi connectivity index (χ0n) is 12.0. The molecule has 21 heavy (non-hydrogen) atoms. The first kappa shape index (κ1) is 16.4. The molecule has 0 aliphatic rings. The van der Waals surface area contributed by atoms with Crippen LogP contribution in [0.1, 0.15) is 29.5 Å². The Kier molecular flexibility index (Phi) is 5.37. The molecule has 0 unspecified atom stereocenters. The van der Waals surface area contributed by atoms with E-state index in [1.54, 1.807) is 11.3 Å². The van der Waals surface area contributed by atoms with Crippen molar-refractivity contribution in [2.24, 2.45) is 5.73 Å². The lowest BCUT2D eigenvalue weighted by atomic mass is 10.3. The smallest absolute Gasteiger partial charge is 0.234 e. The Morgan fingerprint density at radius 1 is 1.33 bits per heavy atom. The molecule has 0 bridgehead atoms. The average Bonchev–Trinajstić information content (AvgIpc) is 3.02. The van der Waals surface area contributed by atoms with E-state index in [2.05, 4.69) is 9.71 Å². The number of nitrogens with one attached hydrogen (secondary N) is 1. The van der Waals surface area contributed by atoms with Gasteiger partial charge in [0.1, 0.15) is 0 Å². The maximum Gasteiger partial charge on any atom is 0.234 e. The van der Waals surface area contributed by atoms with E-state index in [0.29, 0.717) is 18.1 Å². The third-order valence-corrected chi connectivity index (χ3v) is 6.36. The lowest BCUT2D eigenvalue weighted by Crippen LogP contribution is -2.16. The van der Waals surface area contributed by atoms with Crippen molar-refractivity contribution in [2.45, 2.75) is 33.2 Å². The van der Waals surface area contributed by atoms with Crippen LogP contribution in [0, 0.1) is 6.92 Å². The monoisotopic (exact) mass is 345 g/mol. The molecule has 0 atom stereocenters. The fourth-order valence-electron chi connectivity index (χ4n) is 1.80. The van der Waals surface area contributed by atoms with Crippen LogP contribution in [0.4, 0.5) is 5.13 Å². The number of hydrogen-bond acceptors (Lipinski definition) is 6. The van der Waals surface area contributed by atoms with Crippen molar-refractivity contribution >= 4 is 37.8 Å². The molecule has 0 spiro atoms. The maximum absolute atomic E-state index is 11.9. The van der Waals surface area contributed by atoms with E-state index in [1.807, 2.05) is 26.0 Å². The predicted molar refractivity (Wildman–Crippen MR) is 90.4 cm³/mol. The number of aryl methyl sites for hydroxylation is 1. The number of thiophene rings is 1. The Morgan fingerprint density at radius 3 is 2.71 bits per heavy atom. The van der Waals surface area contributed by atoms with Gasteiger partial charge in [-0.1, -0.05) is 13.3 Å². The molecule has 0 aliphatic heterocycles. The van der Waals surface area contributed by atoms with Crippen molar-refractivity contribution in [1.82, 2.24) is 4.98 Å². The minimum atomic E-state index is -3.30. The van der Waals surface area contributed by atoms with Gasteiger partial charge < -0.3 is 5.73 Å². The van der Waals surface area contributed by atoms with Crippen LogP contribution in [0.3, 0.4) is 0 Å². The van der Waals surface area contributed by atoms with Crippen LogP contribution in [-0.2, 0) is 16.6 Å². The van der Waals surface area contributed by atoms with E-state index in [1.165, 1.54) is 11.3 Å². The first-order chi connectivity index (χ1) is 9.95. The highest BCUT2D eigenvalue weighted by molar-refractivity contribution is 7.92. The third-order valence-electron chi connectivity index (χ3n) is 2.90. The summed E-state index contributed by atoms with van der Waals surface area (Å²) in [4.78, 5) is 7.52. The second-order valence-electron chi connectivity index (χ2n) is 4.67. The van der Waals surface area contributed by atoms with Crippen LogP contribution < -0.4 is 10.5 Å². The largest absolute Gasteiger partial charge is 0.326 e. The van der Waals surface area contributed by atoms with Crippen molar-refractivity contribution in [2.75, 3.05) is 10.5 Å². The van der Waals surface area contributed by atoms with Crippen LogP contribution in [0.15, 0.2) is 12.1 Å². The van der Waals surface area contributed by atoms with E-state index in [9.17, 15) is 8.42 Å². The quantitative estimate of drug-likeness (QED) is 0.807. The molecule has 2 rings (SSSR count). The molecule has 8 heteroatoms. The van der Waals surface area contributed by atoms with E-state index >= 15 is 0 Å².